The maximum Gasteiger partial charge on any atom is 0.261 e. The number of rotatable bonds is 11. The first kappa shape index (κ1) is 29.0. The summed E-state index contributed by atoms with van der Waals surface area (Å²) in [5, 5.41) is 8.19. The van der Waals surface area contributed by atoms with Gasteiger partial charge in [-0.3, -0.25) is 0 Å². The first-order valence-electron chi connectivity index (χ1n) is 13.4. The molecule has 0 saturated carbocycles. The van der Waals surface area contributed by atoms with Gasteiger partial charge in [0.05, 0.1) is 0 Å². The van der Waals surface area contributed by atoms with E-state index in [4.69, 9.17) is 16.6 Å². The second kappa shape index (κ2) is 13.9. The van der Waals surface area contributed by atoms with Crippen molar-refractivity contribution in [3.63, 3.8) is 0 Å². The molecule has 0 unspecified atom stereocenters. The van der Waals surface area contributed by atoms with Crippen molar-refractivity contribution in [2.24, 2.45) is 0 Å². The van der Waals surface area contributed by atoms with Crippen molar-refractivity contribution in [1.82, 2.24) is 0 Å². The van der Waals surface area contributed by atoms with Crippen LogP contribution in [0.5, 0.6) is 0 Å². The summed E-state index contributed by atoms with van der Waals surface area (Å²) in [7, 11) is -2.55. The van der Waals surface area contributed by atoms with E-state index in [9.17, 15) is 0 Å². The fraction of sp³-hybridized carbons (Fsp3) is 0.206. The number of thioether (sulfide) groups is 1. The number of hydrogen-bond donors (Lipinski definition) is 1. The van der Waals surface area contributed by atoms with Gasteiger partial charge in [0.2, 0.25) is 0 Å². The summed E-state index contributed by atoms with van der Waals surface area (Å²) in [5.41, 5.74) is 2.12. The second-order valence-corrected chi connectivity index (χ2v) is 16.2. The van der Waals surface area contributed by atoms with Gasteiger partial charge >= 0.3 is 0 Å². The van der Waals surface area contributed by atoms with Crippen molar-refractivity contribution < 1.29 is 4.43 Å². The van der Waals surface area contributed by atoms with E-state index in [2.05, 4.69) is 116 Å². The van der Waals surface area contributed by atoms with Gasteiger partial charge < -0.3 is 9.74 Å². The SMILES string of the molecule is CC(C)(C)[Si](OCCC/C(=C/Sc1ccccc1)C(=S)Nc1ccccc1)(c1ccccc1)c1ccccc1. The number of para-hydroxylation sites is 1. The Kier molecular flexibility index (Phi) is 10.3. The fourth-order valence-corrected chi connectivity index (χ4v) is 10.6. The Bertz CT molecular complexity index is 1300. The molecule has 1 N–H and O–H groups in total. The highest BCUT2D eigenvalue weighted by molar-refractivity contribution is 8.02. The van der Waals surface area contributed by atoms with Gasteiger partial charge in [0.1, 0.15) is 4.99 Å². The molecule has 4 aromatic carbocycles. The minimum atomic E-state index is -2.55. The predicted molar refractivity (Wildman–Crippen MR) is 176 cm³/mol. The van der Waals surface area contributed by atoms with Crippen LogP contribution in [0.25, 0.3) is 0 Å². The zero-order valence-corrected chi connectivity index (χ0v) is 25.6. The van der Waals surface area contributed by atoms with Gasteiger partial charge in [-0.25, -0.2) is 0 Å². The fourth-order valence-electron chi connectivity index (χ4n) is 4.85. The van der Waals surface area contributed by atoms with E-state index in [0.717, 1.165) is 29.1 Å². The quantitative estimate of drug-likeness (QED) is 0.0645. The smallest absolute Gasteiger partial charge is 0.261 e. The summed E-state index contributed by atoms with van der Waals surface area (Å²) in [6.45, 7) is 7.62. The predicted octanol–water partition coefficient (Wildman–Crippen LogP) is 8.46. The lowest BCUT2D eigenvalue weighted by Gasteiger charge is -2.43. The van der Waals surface area contributed by atoms with Gasteiger partial charge in [-0.15, -0.1) is 0 Å². The first-order valence-corrected chi connectivity index (χ1v) is 16.6. The molecular formula is C34H37NOS2Si. The summed E-state index contributed by atoms with van der Waals surface area (Å²) < 4.78 is 7.12. The van der Waals surface area contributed by atoms with Crippen LogP contribution in [0.3, 0.4) is 0 Å². The van der Waals surface area contributed by atoms with Gasteiger partial charge in [-0.2, -0.15) is 0 Å². The lowest BCUT2D eigenvalue weighted by Crippen LogP contribution is -2.66. The molecule has 0 aliphatic heterocycles. The highest BCUT2D eigenvalue weighted by Crippen LogP contribution is 2.37. The van der Waals surface area contributed by atoms with Crippen molar-refractivity contribution in [2.45, 2.75) is 43.5 Å². The van der Waals surface area contributed by atoms with E-state index < -0.39 is 8.32 Å². The first-order chi connectivity index (χ1) is 18.9. The van der Waals surface area contributed by atoms with Crippen molar-refractivity contribution >= 4 is 53.3 Å². The Morgan fingerprint density at radius 1 is 0.769 bits per heavy atom. The Balaban J connectivity index is 1.54. The monoisotopic (exact) mass is 567 g/mol. The van der Waals surface area contributed by atoms with Crippen molar-refractivity contribution in [2.75, 3.05) is 11.9 Å². The highest BCUT2D eigenvalue weighted by atomic mass is 32.2. The van der Waals surface area contributed by atoms with Gasteiger partial charge in [0.25, 0.3) is 8.32 Å². The Labute approximate surface area is 244 Å². The van der Waals surface area contributed by atoms with Gasteiger partial charge in [-0.05, 0) is 63.5 Å². The van der Waals surface area contributed by atoms with E-state index in [1.165, 1.54) is 15.3 Å². The molecule has 200 valence electrons. The van der Waals surface area contributed by atoms with E-state index in [0.29, 0.717) is 6.61 Å². The van der Waals surface area contributed by atoms with Crippen LogP contribution in [0.2, 0.25) is 5.04 Å². The van der Waals surface area contributed by atoms with E-state index in [-0.39, 0.29) is 5.04 Å². The standard InChI is InChI=1S/C34H37NOS2Si/c1-34(2,3)39(31-22-12-6-13-23-31,32-24-14-7-15-25-32)36-26-16-17-28(27-38-30-20-10-5-11-21-30)33(37)35-29-18-8-4-9-19-29/h4-15,18-25,27H,16-17,26H2,1-3H3,(H,35,37)/b28-27-. The lowest BCUT2D eigenvalue weighted by molar-refractivity contribution is 0.292. The van der Waals surface area contributed by atoms with Crippen molar-refractivity contribution in [1.29, 1.82) is 0 Å². The third kappa shape index (κ3) is 7.58. The zero-order valence-electron chi connectivity index (χ0n) is 23.0. The highest BCUT2D eigenvalue weighted by Gasteiger charge is 2.49. The largest absolute Gasteiger partial charge is 0.407 e. The van der Waals surface area contributed by atoms with Gasteiger partial charge in [0, 0.05) is 17.2 Å². The molecule has 0 spiro atoms. The molecule has 0 heterocycles. The number of anilines is 1. The summed E-state index contributed by atoms with van der Waals surface area (Å²) >= 11 is 7.59. The van der Waals surface area contributed by atoms with Crippen LogP contribution in [0.1, 0.15) is 33.6 Å². The Morgan fingerprint density at radius 2 is 1.26 bits per heavy atom. The van der Waals surface area contributed by atoms with E-state index in [1.807, 2.05) is 36.4 Å². The number of nitrogens with one attached hydrogen (secondary N) is 1. The zero-order chi connectivity index (χ0) is 27.6. The summed E-state index contributed by atoms with van der Waals surface area (Å²) in [5.74, 6) is 0. The van der Waals surface area contributed by atoms with Crippen molar-refractivity contribution in [3.05, 3.63) is 132 Å². The minimum Gasteiger partial charge on any atom is -0.407 e. The third-order valence-corrected chi connectivity index (χ3v) is 13.1. The molecule has 0 aromatic heterocycles. The Hall–Kier alpha value is -2.96. The Morgan fingerprint density at radius 3 is 1.77 bits per heavy atom. The lowest BCUT2D eigenvalue weighted by atomic mass is 10.1. The van der Waals surface area contributed by atoms with Crippen LogP contribution in [0, 0.1) is 0 Å². The van der Waals surface area contributed by atoms with E-state index >= 15 is 0 Å². The topological polar surface area (TPSA) is 21.3 Å². The maximum atomic E-state index is 7.12. The van der Waals surface area contributed by atoms with Crippen LogP contribution in [0.4, 0.5) is 5.69 Å². The number of benzene rings is 4. The molecule has 0 fully saturated rings. The second-order valence-electron chi connectivity index (χ2n) is 10.5. The molecule has 2 nitrogen and oxygen atoms in total. The minimum absolute atomic E-state index is 0.0400. The molecule has 0 amide bonds. The van der Waals surface area contributed by atoms with Crippen LogP contribution in [-0.4, -0.2) is 19.9 Å². The molecule has 4 rings (SSSR count). The van der Waals surface area contributed by atoms with Gasteiger partial charge in [-0.1, -0.05) is 142 Å². The number of hydrogen-bond acceptors (Lipinski definition) is 3. The van der Waals surface area contributed by atoms with E-state index in [1.54, 1.807) is 11.8 Å². The normalized spacial score (nSPS) is 12.2. The summed E-state index contributed by atoms with van der Waals surface area (Å²) in [6, 6.07) is 42.2. The average Bonchev–Trinajstić information content (AvgIpc) is 2.96. The molecule has 0 aliphatic rings. The molecule has 4 aromatic rings. The van der Waals surface area contributed by atoms with Crippen LogP contribution in [0.15, 0.2) is 137 Å². The summed E-state index contributed by atoms with van der Waals surface area (Å²) in [6.07, 6.45) is 1.71. The number of thiocarbonyl (C=S) groups is 1. The van der Waals surface area contributed by atoms with Crippen LogP contribution >= 0.6 is 24.0 Å². The van der Waals surface area contributed by atoms with Crippen LogP contribution < -0.4 is 15.7 Å². The molecule has 39 heavy (non-hydrogen) atoms. The molecule has 0 bridgehead atoms. The molecule has 0 saturated heterocycles. The molecular weight excluding hydrogens is 531 g/mol. The van der Waals surface area contributed by atoms with Gasteiger partial charge in [0.15, 0.2) is 0 Å². The maximum absolute atomic E-state index is 7.12. The third-order valence-electron chi connectivity index (χ3n) is 6.73. The average molecular weight is 568 g/mol. The molecule has 5 heteroatoms. The summed E-state index contributed by atoms with van der Waals surface area (Å²) in [4.78, 5) is 1.95. The van der Waals surface area contributed by atoms with Crippen molar-refractivity contribution in [3.8, 4) is 0 Å². The molecule has 0 aliphatic carbocycles. The van der Waals surface area contributed by atoms with Crippen LogP contribution in [-0.2, 0) is 4.43 Å². The molecule has 0 radical (unpaired) electrons. The molecule has 0 atom stereocenters.